The van der Waals surface area contributed by atoms with Crippen LogP contribution >= 0.6 is 23.2 Å². The number of ether oxygens (including phenoxy) is 1. The Hall–Kier alpha value is -2.31. The van der Waals surface area contributed by atoms with E-state index in [1.807, 2.05) is 0 Å². The lowest BCUT2D eigenvalue weighted by Crippen LogP contribution is -2.45. The Kier molecular flexibility index (Phi) is 5.42. The number of aliphatic imine (C=N–C) groups is 1. The molecule has 28 heavy (non-hydrogen) atoms. The van der Waals surface area contributed by atoms with Gasteiger partial charge in [0, 0.05) is 23.1 Å². The molecule has 3 aliphatic rings. The number of amidine groups is 1. The van der Waals surface area contributed by atoms with Gasteiger partial charge in [-0.3, -0.25) is 9.79 Å². The van der Waals surface area contributed by atoms with Crippen LogP contribution in [0.5, 0.6) is 5.75 Å². The van der Waals surface area contributed by atoms with Gasteiger partial charge >= 0.3 is 6.09 Å². The van der Waals surface area contributed by atoms with Crippen molar-refractivity contribution in [2.75, 3.05) is 13.1 Å². The van der Waals surface area contributed by atoms with Crippen molar-refractivity contribution in [3.8, 4) is 5.75 Å². The number of nitrogens with one attached hydrogen (secondary N) is 1. The van der Waals surface area contributed by atoms with Crippen molar-refractivity contribution in [3.05, 3.63) is 52.0 Å². The first-order valence-corrected chi connectivity index (χ1v) is 9.98. The molecule has 2 heterocycles. The molecule has 1 fully saturated rings. The van der Waals surface area contributed by atoms with Crippen LogP contribution < -0.4 is 10.1 Å². The molecule has 2 aliphatic heterocycles. The van der Waals surface area contributed by atoms with E-state index in [4.69, 9.17) is 27.9 Å². The average molecular weight is 420 g/mol. The van der Waals surface area contributed by atoms with Gasteiger partial charge in [0.2, 0.25) is 5.91 Å². The van der Waals surface area contributed by atoms with Gasteiger partial charge in [-0.1, -0.05) is 35.4 Å². The number of fused-ring (bicyclic) bond motifs is 1. The highest BCUT2D eigenvalue weighted by molar-refractivity contribution is 6.32. The van der Waals surface area contributed by atoms with E-state index in [1.165, 1.54) is 0 Å². The maximum Gasteiger partial charge on any atom is 0.415 e. The first-order valence-electron chi connectivity index (χ1n) is 9.22. The lowest BCUT2D eigenvalue weighted by Gasteiger charge is -2.29. The minimum Gasteiger partial charge on any atom is -0.409 e. The van der Waals surface area contributed by atoms with Gasteiger partial charge in [-0.2, -0.15) is 0 Å². The number of carbonyl (C=O) groups excluding carboxylic acids is 2. The molecular weight excluding hydrogens is 401 g/mol. The van der Waals surface area contributed by atoms with E-state index in [0.29, 0.717) is 40.3 Å². The standard InChI is InChI=1S/C20H19Cl2N3O3/c21-12-4-6-16-14(10-12)19(26)24-18(23-16)15-11-13(22)5-7-17(15)28-20(27)25-8-2-1-3-9-25/h4-7,10-11,14,16H,1-3,8-9H2,(H,23,24,26). The summed E-state index contributed by atoms with van der Waals surface area (Å²) in [6, 6.07) is 4.53. The Labute approximate surface area is 172 Å². The van der Waals surface area contributed by atoms with Crippen LogP contribution in [0.4, 0.5) is 4.79 Å². The van der Waals surface area contributed by atoms with Gasteiger partial charge < -0.3 is 15.0 Å². The summed E-state index contributed by atoms with van der Waals surface area (Å²) in [7, 11) is 0. The predicted molar refractivity (Wildman–Crippen MR) is 108 cm³/mol. The molecule has 0 aromatic heterocycles. The number of halogens is 2. The van der Waals surface area contributed by atoms with E-state index in [-0.39, 0.29) is 11.9 Å². The molecule has 1 aromatic rings. The summed E-state index contributed by atoms with van der Waals surface area (Å²) in [6.45, 7) is 1.36. The molecule has 2 atom stereocenters. The van der Waals surface area contributed by atoms with Gasteiger partial charge in [0.25, 0.3) is 0 Å². The zero-order chi connectivity index (χ0) is 19.7. The Balaban J connectivity index is 1.62. The van der Waals surface area contributed by atoms with E-state index in [1.54, 1.807) is 41.3 Å². The van der Waals surface area contributed by atoms with Gasteiger partial charge in [-0.15, -0.1) is 0 Å². The number of piperidine rings is 1. The zero-order valence-electron chi connectivity index (χ0n) is 15.0. The molecule has 4 rings (SSSR count). The summed E-state index contributed by atoms with van der Waals surface area (Å²) in [4.78, 5) is 31.4. The van der Waals surface area contributed by atoms with Gasteiger partial charge in [0.15, 0.2) is 0 Å². The molecule has 0 saturated carbocycles. The van der Waals surface area contributed by atoms with Crippen LogP contribution in [-0.2, 0) is 4.79 Å². The Bertz CT molecular complexity index is 904. The SMILES string of the molecule is O=C1NC(c2cc(Cl)ccc2OC(=O)N2CCCCC2)=NC2C=CC(Cl)=CC12. The van der Waals surface area contributed by atoms with E-state index in [2.05, 4.69) is 10.3 Å². The predicted octanol–water partition coefficient (Wildman–Crippen LogP) is 3.88. The summed E-state index contributed by atoms with van der Waals surface area (Å²) in [5.74, 6) is -0.0392. The quantitative estimate of drug-likeness (QED) is 0.790. The van der Waals surface area contributed by atoms with Crippen LogP contribution in [0, 0.1) is 5.92 Å². The van der Waals surface area contributed by atoms with E-state index >= 15 is 0 Å². The fourth-order valence-corrected chi connectivity index (χ4v) is 3.90. The van der Waals surface area contributed by atoms with Gasteiger partial charge in [0.1, 0.15) is 11.6 Å². The van der Waals surface area contributed by atoms with Crippen molar-refractivity contribution in [2.45, 2.75) is 25.3 Å². The lowest BCUT2D eigenvalue weighted by molar-refractivity contribution is -0.122. The second kappa shape index (κ2) is 7.97. The number of hydrogen-bond donors (Lipinski definition) is 1. The minimum absolute atomic E-state index is 0.217. The monoisotopic (exact) mass is 419 g/mol. The third-order valence-corrected chi connectivity index (χ3v) is 5.48. The second-order valence-electron chi connectivity index (χ2n) is 6.95. The van der Waals surface area contributed by atoms with Crippen molar-refractivity contribution in [1.29, 1.82) is 0 Å². The number of amides is 2. The van der Waals surface area contributed by atoms with E-state index in [9.17, 15) is 9.59 Å². The van der Waals surface area contributed by atoms with Gasteiger partial charge in [-0.25, -0.2) is 4.79 Å². The van der Waals surface area contributed by atoms with Crippen LogP contribution in [0.3, 0.4) is 0 Å². The fraction of sp³-hybridized carbons (Fsp3) is 0.350. The maximum absolute atomic E-state index is 12.5. The maximum atomic E-state index is 12.5. The van der Waals surface area contributed by atoms with Crippen molar-refractivity contribution in [3.63, 3.8) is 0 Å². The van der Waals surface area contributed by atoms with E-state index in [0.717, 1.165) is 19.3 Å². The molecule has 2 unspecified atom stereocenters. The van der Waals surface area contributed by atoms with Gasteiger partial charge in [-0.05, 0) is 43.5 Å². The van der Waals surface area contributed by atoms with E-state index < -0.39 is 12.0 Å². The summed E-state index contributed by atoms with van der Waals surface area (Å²) >= 11 is 12.2. The molecule has 1 aromatic carbocycles. The summed E-state index contributed by atoms with van der Waals surface area (Å²) in [5, 5.41) is 3.74. The Morgan fingerprint density at radius 1 is 1.21 bits per heavy atom. The minimum atomic E-state index is -0.459. The highest BCUT2D eigenvalue weighted by atomic mass is 35.5. The molecule has 0 radical (unpaired) electrons. The van der Waals surface area contributed by atoms with Gasteiger partial charge in [0.05, 0.1) is 17.5 Å². The molecular formula is C20H19Cl2N3O3. The molecule has 0 spiro atoms. The number of nitrogens with zero attached hydrogens (tertiary/aromatic N) is 2. The molecule has 8 heteroatoms. The third-order valence-electron chi connectivity index (χ3n) is 4.99. The molecule has 1 aliphatic carbocycles. The first-order chi connectivity index (χ1) is 13.5. The van der Waals surface area contributed by atoms with Crippen LogP contribution in [0.1, 0.15) is 24.8 Å². The number of likely N-dealkylation sites (tertiary alicyclic amines) is 1. The smallest absolute Gasteiger partial charge is 0.409 e. The molecule has 146 valence electrons. The van der Waals surface area contributed by atoms with Crippen LogP contribution in [0.2, 0.25) is 5.02 Å². The zero-order valence-corrected chi connectivity index (χ0v) is 16.5. The number of carbonyl (C=O) groups is 2. The second-order valence-corrected chi connectivity index (χ2v) is 7.82. The topological polar surface area (TPSA) is 71.0 Å². The number of allylic oxidation sites excluding steroid dienone is 2. The van der Waals surface area contributed by atoms with Crippen molar-refractivity contribution < 1.29 is 14.3 Å². The first kappa shape index (κ1) is 19.0. The van der Waals surface area contributed by atoms with Crippen LogP contribution in [0.15, 0.2) is 46.5 Å². The number of benzene rings is 1. The van der Waals surface area contributed by atoms with Crippen LogP contribution in [0.25, 0.3) is 0 Å². The lowest BCUT2D eigenvalue weighted by atomic mass is 9.92. The molecule has 1 saturated heterocycles. The van der Waals surface area contributed by atoms with Crippen LogP contribution in [-0.4, -0.2) is 41.9 Å². The number of hydrogen-bond acceptors (Lipinski definition) is 4. The van der Waals surface area contributed by atoms with Crippen molar-refractivity contribution >= 4 is 41.0 Å². The molecule has 0 bridgehead atoms. The summed E-state index contributed by atoms with van der Waals surface area (Å²) in [5.41, 5.74) is 0.471. The molecule has 1 N–H and O–H groups in total. The fourth-order valence-electron chi connectivity index (χ4n) is 3.52. The van der Waals surface area contributed by atoms with Crippen molar-refractivity contribution in [2.24, 2.45) is 10.9 Å². The number of rotatable bonds is 2. The highest BCUT2D eigenvalue weighted by Crippen LogP contribution is 2.29. The summed E-state index contributed by atoms with van der Waals surface area (Å²) in [6.07, 6.45) is 7.84. The Morgan fingerprint density at radius 2 is 2.00 bits per heavy atom. The summed E-state index contributed by atoms with van der Waals surface area (Å²) < 4.78 is 5.63. The normalized spacial score (nSPS) is 24.1. The van der Waals surface area contributed by atoms with Crippen molar-refractivity contribution in [1.82, 2.24) is 10.2 Å². The third kappa shape index (κ3) is 3.93. The Morgan fingerprint density at radius 3 is 2.79 bits per heavy atom. The molecule has 2 amide bonds. The largest absolute Gasteiger partial charge is 0.415 e. The molecule has 6 nitrogen and oxygen atoms in total. The average Bonchev–Trinajstić information content (AvgIpc) is 2.70. The highest BCUT2D eigenvalue weighted by Gasteiger charge is 2.33.